The van der Waals surface area contributed by atoms with Gasteiger partial charge >= 0.3 is 0 Å². The van der Waals surface area contributed by atoms with E-state index in [1.807, 2.05) is 42.5 Å². The molecule has 1 aromatic heterocycles. The molecule has 1 unspecified atom stereocenters. The van der Waals surface area contributed by atoms with Gasteiger partial charge in [0.2, 0.25) is 0 Å². The summed E-state index contributed by atoms with van der Waals surface area (Å²) in [5.74, 6) is 0.224. The predicted octanol–water partition coefficient (Wildman–Crippen LogP) is 7.48. The number of aromatic nitrogens is 1. The van der Waals surface area contributed by atoms with Crippen molar-refractivity contribution in [3.8, 4) is 11.3 Å². The summed E-state index contributed by atoms with van der Waals surface area (Å²) in [6.07, 6.45) is 6.42. The van der Waals surface area contributed by atoms with Crippen LogP contribution in [0.4, 0.5) is 0 Å². The maximum absolute atomic E-state index is 14.5. The van der Waals surface area contributed by atoms with Gasteiger partial charge in [-0.05, 0) is 69.4 Å². The molecule has 6 rings (SSSR count). The van der Waals surface area contributed by atoms with Crippen LogP contribution in [0.3, 0.4) is 0 Å². The Kier molecular flexibility index (Phi) is 8.97. The zero-order valence-corrected chi connectivity index (χ0v) is 25.1. The Morgan fingerprint density at radius 1 is 0.833 bits per heavy atom. The number of carbonyl (C=O) groups excluding carboxylic acids is 1. The number of pyridine rings is 1. The van der Waals surface area contributed by atoms with Gasteiger partial charge in [-0.2, -0.15) is 0 Å². The smallest absolute Gasteiger partial charge is 0.252 e. The summed E-state index contributed by atoms with van der Waals surface area (Å²) in [7, 11) is 0. The molecule has 42 heavy (non-hydrogen) atoms. The van der Waals surface area contributed by atoms with E-state index >= 15 is 0 Å². The first-order valence-electron chi connectivity index (χ1n) is 15.9. The van der Waals surface area contributed by atoms with Gasteiger partial charge in [0.05, 0.1) is 22.8 Å². The number of carbonyl (C=O) groups is 1. The molecule has 4 aromatic rings. The van der Waals surface area contributed by atoms with Crippen molar-refractivity contribution in [1.29, 1.82) is 0 Å². The van der Waals surface area contributed by atoms with Crippen LogP contribution in [0.25, 0.3) is 22.2 Å². The lowest BCUT2D eigenvalue weighted by molar-refractivity contribution is 0.0880. The number of nitrogens with one attached hydrogen (secondary N) is 1. The largest absolute Gasteiger partial charge is 0.345 e. The van der Waals surface area contributed by atoms with Gasteiger partial charge in [-0.3, -0.25) is 9.69 Å². The van der Waals surface area contributed by atoms with Gasteiger partial charge in [0.1, 0.15) is 0 Å². The minimum atomic E-state index is -0.0843. The number of rotatable bonds is 8. The number of fused-ring (bicyclic) bond motifs is 1. The molecule has 3 aromatic carbocycles. The van der Waals surface area contributed by atoms with Crippen molar-refractivity contribution in [1.82, 2.24) is 20.1 Å². The Hall–Kier alpha value is -3.54. The molecular formula is C37H44N4O. The molecule has 0 radical (unpaired) electrons. The van der Waals surface area contributed by atoms with Gasteiger partial charge in [-0.15, -0.1) is 0 Å². The number of benzene rings is 3. The second-order valence-corrected chi connectivity index (χ2v) is 12.4. The maximum Gasteiger partial charge on any atom is 0.252 e. The van der Waals surface area contributed by atoms with Crippen molar-refractivity contribution in [3.05, 3.63) is 102 Å². The minimum Gasteiger partial charge on any atom is -0.345 e. The Balaban J connectivity index is 1.38. The summed E-state index contributed by atoms with van der Waals surface area (Å²) in [5, 5.41) is 4.38. The Labute approximate surface area is 251 Å². The van der Waals surface area contributed by atoms with Crippen molar-refractivity contribution in [2.75, 3.05) is 26.2 Å². The third-order valence-electron chi connectivity index (χ3n) is 9.23. The summed E-state index contributed by atoms with van der Waals surface area (Å²) < 4.78 is 0. The standard InChI is InChI=1S/C37H44N4O/c1-27(2)35(28-14-6-3-7-15-28)39-37(42)34-31-18-10-11-19-33(31)38-36(29-16-8-4-9-17-29)32(34)26-40-24-20-30(21-25-40)41-22-12-5-13-23-41/h3-4,6-11,14-19,27,30,35H,5,12-13,20-26H2,1-2H3,(H,39,42). The molecule has 0 aliphatic carbocycles. The predicted molar refractivity (Wildman–Crippen MR) is 172 cm³/mol. The zero-order chi connectivity index (χ0) is 28.9. The van der Waals surface area contributed by atoms with E-state index in [4.69, 9.17) is 4.98 Å². The van der Waals surface area contributed by atoms with E-state index in [1.54, 1.807) is 0 Å². The molecule has 2 aliphatic heterocycles. The molecule has 5 heteroatoms. The molecular weight excluding hydrogens is 516 g/mol. The maximum atomic E-state index is 14.5. The van der Waals surface area contributed by atoms with Crippen LogP contribution < -0.4 is 5.32 Å². The monoisotopic (exact) mass is 560 g/mol. The SMILES string of the molecule is CC(C)C(NC(=O)c1c(CN2CCC(N3CCCCC3)CC2)c(-c2ccccc2)nc2ccccc12)c1ccccc1. The third-order valence-corrected chi connectivity index (χ3v) is 9.23. The second-order valence-electron chi connectivity index (χ2n) is 12.4. The number of likely N-dealkylation sites (tertiary alicyclic amines) is 2. The molecule has 2 saturated heterocycles. The van der Waals surface area contributed by atoms with Crippen molar-refractivity contribution in [3.63, 3.8) is 0 Å². The highest BCUT2D eigenvalue weighted by molar-refractivity contribution is 6.09. The number of nitrogens with zero attached hydrogens (tertiary/aromatic N) is 3. The minimum absolute atomic E-state index is 0.0217. The first-order valence-corrected chi connectivity index (χ1v) is 15.9. The van der Waals surface area contributed by atoms with Gasteiger partial charge in [0.15, 0.2) is 0 Å². The molecule has 2 aliphatic rings. The summed E-state index contributed by atoms with van der Waals surface area (Å²) in [6.45, 7) is 9.65. The molecule has 1 N–H and O–H groups in total. The fraction of sp³-hybridized carbons (Fsp3) is 0.405. The van der Waals surface area contributed by atoms with E-state index in [9.17, 15) is 4.79 Å². The number of hydrogen-bond acceptors (Lipinski definition) is 4. The molecule has 5 nitrogen and oxygen atoms in total. The Morgan fingerprint density at radius 2 is 1.48 bits per heavy atom. The lowest BCUT2D eigenvalue weighted by atomic mass is 9.92. The van der Waals surface area contributed by atoms with Crippen molar-refractivity contribution < 1.29 is 4.79 Å². The van der Waals surface area contributed by atoms with Crippen LogP contribution in [0.2, 0.25) is 0 Å². The fourth-order valence-electron chi connectivity index (χ4n) is 6.96. The van der Waals surface area contributed by atoms with Crippen LogP contribution >= 0.6 is 0 Å². The lowest BCUT2D eigenvalue weighted by Gasteiger charge is -2.40. The van der Waals surface area contributed by atoms with Crippen molar-refractivity contribution >= 4 is 16.8 Å². The highest BCUT2D eigenvalue weighted by Crippen LogP contribution is 2.33. The van der Waals surface area contributed by atoms with Gasteiger partial charge in [-0.25, -0.2) is 4.98 Å². The van der Waals surface area contributed by atoms with Crippen LogP contribution in [0, 0.1) is 5.92 Å². The Bertz CT molecular complexity index is 1470. The average molecular weight is 561 g/mol. The van der Waals surface area contributed by atoms with Crippen LogP contribution in [-0.4, -0.2) is 52.9 Å². The van der Waals surface area contributed by atoms with E-state index in [-0.39, 0.29) is 17.9 Å². The summed E-state index contributed by atoms with van der Waals surface area (Å²) in [5.41, 5.74) is 5.75. The average Bonchev–Trinajstić information content (AvgIpc) is 3.04. The molecule has 0 bridgehead atoms. The summed E-state index contributed by atoms with van der Waals surface area (Å²) in [6, 6.07) is 29.5. The second kappa shape index (κ2) is 13.2. The number of para-hydroxylation sites is 1. The van der Waals surface area contributed by atoms with E-state index in [2.05, 4.69) is 71.4 Å². The van der Waals surface area contributed by atoms with E-state index in [0.717, 1.165) is 58.5 Å². The van der Waals surface area contributed by atoms with E-state index < -0.39 is 0 Å². The van der Waals surface area contributed by atoms with Crippen LogP contribution in [-0.2, 0) is 6.54 Å². The topological polar surface area (TPSA) is 48.5 Å². The number of amides is 1. The molecule has 3 heterocycles. The van der Waals surface area contributed by atoms with Gasteiger partial charge in [0.25, 0.3) is 5.91 Å². The normalized spacial score (nSPS) is 17.9. The van der Waals surface area contributed by atoms with Crippen molar-refractivity contribution in [2.24, 2.45) is 5.92 Å². The van der Waals surface area contributed by atoms with E-state index in [0.29, 0.717) is 6.04 Å². The molecule has 1 atom stereocenters. The molecule has 0 saturated carbocycles. The third kappa shape index (κ3) is 6.28. The first-order chi connectivity index (χ1) is 20.6. The quantitative estimate of drug-likeness (QED) is 0.243. The van der Waals surface area contributed by atoms with Gasteiger partial charge in [-0.1, -0.05) is 99.1 Å². The summed E-state index contributed by atoms with van der Waals surface area (Å²) in [4.78, 5) is 25.0. The molecule has 218 valence electrons. The Morgan fingerprint density at radius 3 is 2.17 bits per heavy atom. The van der Waals surface area contributed by atoms with Crippen molar-refractivity contribution in [2.45, 2.75) is 64.6 Å². The van der Waals surface area contributed by atoms with Gasteiger partial charge in [0, 0.05) is 29.1 Å². The van der Waals surface area contributed by atoms with Crippen LogP contribution in [0.15, 0.2) is 84.9 Å². The molecule has 0 spiro atoms. The summed E-state index contributed by atoms with van der Waals surface area (Å²) >= 11 is 0. The molecule has 1 amide bonds. The first kappa shape index (κ1) is 28.6. The highest BCUT2D eigenvalue weighted by atomic mass is 16.1. The van der Waals surface area contributed by atoms with Crippen LogP contribution in [0.5, 0.6) is 0 Å². The fourth-order valence-corrected chi connectivity index (χ4v) is 6.96. The lowest BCUT2D eigenvalue weighted by Crippen LogP contribution is -2.46. The van der Waals surface area contributed by atoms with E-state index in [1.165, 1.54) is 45.2 Å². The van der Waals surface area contributed by atoms with Crippen LogP contribution in [0.1, 0.15) is 73.5 Å². The number of piperidine rings is 2. The highest BCUT2D eigenvalue weighted by Gasteiger charge is 2.29. The number of hydrogen-bond donors (Lipinski definition) is 1. The molecule has 2 fully saturated rings. The zero-order valence-electron chi connectivity index (χ0n) is 25.1. The van der Waals surface area contributed by atoms with Gasteiger partial charge < -0.3 is 10.2 Å².